The van der Waals surface area contributed by atoms with Crippen molar-refractivity contribution < 1.29 is 4.52 Å². The van der Waals surface area contributed by atoms with Gasteiger partial charge in [-0.25, -0.2) is 0 Å². The molecule has 0 aliphatic carbocycles. The van der Waals surface area contributed by atoms with Crippen LogP contribution < -0.4 is 5.32 Å². The highest BCUT2D eigenvalue weighted by Gasteiger charge is 2.20. The third kappa shape index (κ3) is 5.09. The first kappa shape index (κ1) is 16.4. The summed E-state index contributed by atoms with van der Waals surface area (Å²) >= 11 is 0. The number of hydrogen-bond acceptors (Lipinski definition) is 5. The third-order valence-electron chi connectivity index (χ3n) is 3.43. The Morgan fingerprint density at radius 2 is 2.32 bits per heavy atom. The predicted molar refractivity (Wildman–Crippen MR) is 77.5 cm³/mol. The van der Waals surface area contributed by atoms with Crippen molar-refractivity contribution in [2.45, 2.75) is 39.2 Å². The second-order valence-corrected chi connectivity index (χ2v) is 5.16. The highest BCUT2D eigenvalue weighted by atomic mass is 35.5. The molecule has 1 unspecified atom stereocenters. The zero-order valence-electron chi connectivity index (χ0n) is 11.9. The lowest BCUT2D eigenvalue weighted by atomic mass is 9.98. The van der Waals surface area contributed by atoms with Crippen molar-refractivity contribution >= 4 is 12.4 Å². The molecule has 0 radical (unpaired) electrons. The van der Waals surface area contributed by atoms with Crippen molar-refractivity contribution in [3.8, 4) is 0 Å². The molecule has 1 N–H and O–H groups in total. The van der Waals surface area contributed by atoms with E-state index in [1.54, 1.807) is 0 Å². The lowest BCUT2D eigenvalue weighted by Gasteiger charge is -2.31. The largest absolute Gasteiger partial charge is 0.339 e. The summed E-state index contributed by atoms with van der Waals surface area (Å²) in [5.74, 6) is 2.37. The van der Waals surface area contributed by atoms with Gasteiger partial charge in [0.15, 0.2) is 5.82 Å². The highest BCUT2D eigenvalue weighted by Crippen LogP contribution is 2.17. The number of halogens is 1. The average molecular weight is 289 g/mol. The second-order valence-electron chi connectivity index (χ2n) is 5.16. The van der Waals surface area contributed by atoms with Crippen LogP contribution in [0.5, 0.6) is 0 Å². The molecular formula is C13H25ClN4O. The summed E-state index contributed by atoms with van der Waals surface area (Å²) in [4.78, 5) is 6.87. The van der Waals surface area contributed by atoms with Gasteiger partial charge in [0.1, 0.15) is 0 Å². The van der Waals surface area contributed by atoms with Gasteiger partial charge in [0.2, 0.25) is 5.89 Å². The molecule has 2 heterocycles. The SMILES string of the molecule is CCCc1nc(CN2CCCC(CNC)C2)no1.Cl. The van der Waals surface area contributed by atoms with Crippen LogP contribution in [0.2, 0.25) is 0 Å². The summed E-state index contributed by atoms with van der Waals surface area (Å²) < 4.78 is 5.22. The van der Waals surface area contributed by atoms with E-state index < -0.39 is 0 Å². The van der Waals surface area contributed by atoms with Gasteiger partial charge >= 0.3 is 0 Å². The fraction of sp³-hybridized carbons (Fsp3) is 0.846. The van der Waals surface area contributed by atoms with E-state index in [9.17, 15) is 0 Å². The molecule has 0 aromatic carbocycles. The normalized spacial score (nSPS) is 20.2. The molecule has 0 spiro atoms. The van der Waals surface area contributed by atoms with Gasteiger partial charge in [0.25, 0.3) is 0 Å². The van der Waals surface area contributed by atoms with Crippen molar-refractivity contribution in [1.82, 2.24) is 20.4 Å². The Morgan fingerprint density at radius 3 is 3.05 bits per heavy atom. The van der Waals surface area contributed by atoms with Gasteiger partial charge < -0.3 is 9.84 Å². The number of aryl methyl sites for hydroxylation is 1. The molecule has 110 valence electrons. The van der Waals surface area contributed by atoms with Gasteiger partial charge in [0, 0.05) is 13.0 Å². The van der Waals surface area contributed by atoms with Crippen molar-refractivity contribution in [2.75, 3.05) is 26.7 Å². The Hall–Kier alpha value is -0.650. The summed E-state index contributed by atoms with van der Waals surface area (Å²) in [5.41, 5.74) is 0. The zero-order valence-corrected chi connectivity index (χ0v) is 12.7. The van der Waals surface area contributed by atoms with E-state index >= 15 is 0 Å². The van der Waals surface area contributed by atoms with Crippen LogP contribution in [0.25, 0.3) is 0 Å². The molecule has 0 saturated carbocycles. The van der Waals surface area contributed by atoms with Gasteiger partial charge in [-0.2, -0.15) is 4.98 Å². The maximum absolute atomic E-state index is 5.22. The van der Waals surface area contributed by atoms with Crippen LogP contribution in [-0.4, -0.2) is 41.7 Å². The Kier molecular flexibility index (Phi) is 7.34. The number of nitrogens with one attached hydrogen (secondary N) is 1. The van der Waals surface area contributed by atoms with E-state index in [0.717, 1.165) is 56.7 Å². The molecule has 1 saturated heterocycles. The van der Waals surface area contributed by atoms with E-state index in [0.29, 0.717) is 0 Å². The fourth-order valence-electron chi connectivity index (χ4n) is 2.62. The van der Waals surface area contributed by atoms with Crippen molar-refractivity contribution in [2.24, 2.45) is 5.92 Å². The third-order valence-corrected chi connectivity index (χ3v) is 3.43. The lowest BCUT2D eigenvalue weighted by Crippen LogP contribution is -2.38. The molecule has 1 aliphatic heterocycles. The van der Waals surface area contributed by atoms with Crippen molar-refractivity contribution in [3.63, 3.8) is 0 Å². The van der Waals surface area contributed by atoms with Crippen LogP contribution in [-0.2, 0) is 13.0 Å². The van der Waals surface area contributed by atoms with E-state index in [-0.39, 0.29) is 12.4 Å². The molecule has 5 nitrogen and oxygen atoms in total. The molecule has 0 bridgehead atoms. The fourth-order valence-corrected chi connectivity index (χ4v) is 2.62. The molecule has 2 rings (SSSR count). The van der Waals surface area contributed by atoms with E-state index in [2.05, 4.69) is 27.3 Å². The number of likely N-dealkylation sites (tertiary alicyclic amines) is 1. The van der Waals surface area contributed by atoms with Crippen LogP contribution in [0.15, 0.2) is 4.52 Å². The summed E-state index contributed by atoms with van der Waals surface area (Å²) in [5, 5.41) is 7.32. The minimum Gasteiger partial charge on any atom is -0.339 e. The van der Waals surface area contributed by atoms with Gasteiger partial charge in [-0.05, 0) is 45.3 Å². The van der Waals surface area contributed by atoms with Crippen LogP contribution in [0.4, 0.5) is 0 Å². The zero-order chi connectivity index (χ0) is 12.8. The minimum atomic E-state index is 0. The van der Waals surface area contributed by atoms with Crippen LogP contribution in [0.1, 0.15) is 37.9 Å². The van der Waals surface area contributed by atoms with Crippen LogP contribution in [0.3, 0.4) is 0 Å². The minimum absolute atomic E-state index is 0. The summed E-state index contributed by atoms with van der Waals surface area (Å²) in [6, 6.07) is 0. The molecular weight excluding hydrogens is 264 g/mol. The maximum Gasteiger partial charge on any atom is 0.226 e. The van der Waals surface area contributed by atoms with Gasteiger partial charge in [-0.1, -0.05) is 12.1 Å². The average Bonchev–Trinajstić information content (AvgIpc) is 2.78. The second kappa shape index (κ2) is 8.51. The Labute approximate surface area is 121 Å². The summed E-state index contributed by atoms with van der Waals surface area (Å²) in [7, 11) is 2.02. The molecule has 1 aromatic heterocycles. The number of hydrogen-bond donors (Lipinski definition) is 1. The smallest absolute Gasteiger partial charge is 0.226 e. The number of piperidine rings is 1. The first-order chi connectivity index (χ1) is 8.81. The molecule has 19 heavy (non-hydrogen) atoms. The molecule has 1 aromatic rings. The van der Waals surface area contributed by atoms with Gasteiger partial charge in [0.05, 0.1) is 6.54 Å². The molecule has 1 atom stereocenters. The first-order valence-electron chi connectivity index (χ1n) is 7.00. The molecule has 1 fully saturated rings. The Balaban J connectivity index is 0.00000180. The van der Waals surface area contributed by atoms with E-state index in [4.69, 9.17) is 4.52 Å². The van der Waals surface area contributed by atoms with Crippen LogP contribution >= 0.6 is 12.4 Å². The molecule has 0 amide bonds. The van der Waals surface area contributed by atoms with E-state index in [1.165, 1.54) is 12.8 Å². The standard InChI is InChI=1S/C13H24N4O.ClH/c1-3-5-13-15-12(16-18-13)10-17-7-4-6-11(9-17)8-14-2;/h11,14H,3-10H2,1-2H3;1H. The Morgan fingerprint density at radius 1 is 1.47 bits per heavy atom. The van der Waals surface area contributed by atoms with Crippen molar-refractivity contribution in [1.29, 1.82) is 0 Å². The quantitative estimate of drug-likeness (QED) is 0.866. The van der Waals surface area contributed by atoms with Crippen molar-refractivity contribution in [3.05, 3.63) is 11.7 Å². The monoisotopic (exact) mass is 288 g/mol. The maximum atomic E-state index is 5.22. The number of rotatable bonds is 6. The lowest BCUT2D eigenvalue weighted by molar-refractivity contribution is 0.162. The Bertz CT molecular complexity index is 356. The number of nitrogens with zero attached hydrogens (tertiary/aromatic N) is 3. The van der Waals surface area contributed by atoms with Gasteiger partial charge in [-0.15, -0.1) is 12.4 Å². The first-order valence-corrected chi connectivity index (χ1v) is 7.00. The highest BCUT2D eigenvalue weighted by molar-refractivity contribution is 5.85. The topological polar surface area (TPSA) is 54.2 Å². The van der Waals surface area contributed by atoms with E-state index in [1.807, 2.05) is 7.05 Å². The van der Waals surface area contributed by atoms with Crippen LogP contribution in [0, 0.1) is 5.92 Å². The predicted octanol–water partition coefficient (Wildman–Crippen LogP) is 1.88. The van der Waals surface area contributed by atoms with Gasteiger partial charge in [-0.3, -0.25) is 4.90 Å². The number of aromatic nitrogens is 2. The molecule has 1 aliphatic rings. The summed E-state index contributed by atoms with van der Waals surface area (Å²) in [6.07, 6.45) is 4.53. The summed E-state index contributed by atoms with van der Waals surface area (Å²) in [6.45, 7) is 6.34. The molecule has 6 heteroatoms.